The number of halogens is 1. The van der Waals surface area contributed by atoms with E-state index < -0.39 is 0 Å². The van der Waals surface area contributed by atoms with Gasteiger partial charge in [-0.25, -0.2) is 4.68 Å². The standard InChI is InChI=1S/C13H18IN3O4/c1-12(18)13-11-17(16-15-13)4-6-20-8-10-21-9-7-19-5-2-3-14/h11H,4-10H2,1H3. The summed E-state index contributed by atoms with van der Waals surface area (Å²) in [6.07, 6.45) is 1.61. The van der Waals surface area contributed by atoms with E-state index in [-0.39, 0.29) is 5.78 Å². The zero-order valence-corrected chi connectivity index (χ0v) is 14.0. The molecule has 1 aromatic heterocycles. The molecular formula is C13H18IN3O4. The van der Waals surface area contributed by atoms with E-state index >= 15 is 0 Å². The molecule has 0 amide bonds. The minimum Gasteiger partial charge on any atom is -0.377 e. The average Bonchev–Trinajstić information content (AvgIpc) is 2.94. The van der Waals surface area contributed by atoms with Crippen molar-refractivity contribution in [2.45, 2.75) is 13.5 Å². The lowest BCUT2D eigenvalue weighted by Crippen LogP contribution is -2.12. The summed E-state index contributed by atoms with van der Waals surface area (Å²) in [5, 5.41) is 7.57. The van der Waals surface area contributed by atoms with E-state index in [9.17, 15) is 4.79 Å². The molecule has 0 atom stereocenters. The number of ketones is 1. The van der Waals surface area contributed by atoms with Crippen LogP contribution in [-0.2, 0) is 20.8 Å². The Morgan fingerprint density at radius 2 is 1.90 bits per heavy atom. The third-order valence-electron chi connectivity index (χ3n) is 2.35. The minimum atomic E-state index is -0.0951. The van der Waals surface area contributed by atoms with Gasteiger partial charge >= 0.3 is 0 Å². The second-order valence-electron chi connectivity index (χ2n) is 3.97. The second-order valence-corrected chi connectivity index (χ2v) is 4.51. The molecule has 0 aliphatic carbocycles. The molecule has 0 aliphatic heterocycles. The van der Waals surface area contributed by atoms with Crippen LogP contribution in [0.5, 0.6) is 0 Å². The van der Waals surface area contributed by atoms with Crippen LogP contribution in [0.4, 0.5) is 0 Å². The number of Topliss-reactive ketones (excluding diaryl/α,β-unsaturated/α-hetero) is 1. The van der Waals surface area contributed by atoms with Crippen molar-refractivity contribution >= 4 is 28.4 Å². The summed E-state index contributed by atoms with van der Waals surface area (Å²) in [6, 6.07) is 0. The molecule has 0 aliphatic rings. The van der Waals surface area contributed by atoms with Crippen LogP contribution in [0.2, 0.25) is 0 Å². The molecule has 7 nitrogen and oxygen atoms in total. The van der Waals surface area contributed by atoms with E-state index in [1.807, 2.05) is 22.6 Å². The van der Waals surface area contributed by atoms with Crippen LogP contribution < -0.4 is 0 Å². The molecule has 1 rings (SSSR count). The van der Waals surface area contributed by atoms with Gasteiger partial charge in [-0.2, -0.15) is 0 Å². The maximum atomic E-state index is 11.0. The number of nitrogens with zero attached hydrogens (tertiary/aromatic N) is 3. The molecule has 0 radical (unpaired) electrons. The quantitative estimate of drug-likeness (QED) is 0.235. The third kappa shape index (κ3) is 8.77. The molecule has 0 saturated heterocycles. The predicted molar refractivity (Wildman–Crippen MR) is 84.3 cm³/mol. The summed E-state index contributed by atoms with van der Waals surface area (Å²) < 4.78 is 20.2. The van der Waals surface area contributed by atoms with Crippen LogP contribution in [-0.4, -0.2) is 60.4 Å². The maximum Gasteiger partial charge on any atom is 0.181 e. The molecule has 21 heavy (non-hydrogen) atoms. The Morgan fingerprint density at radius 3 is 2.52 bits per heavy atom. The van der Waals surface area contributed by atoms with Gasteiger partial charge in [-0.05, 0) is 3.93 Å². The van der Waals surface area contributed by atoms with Gasteiger partial charge in [0.15, 0.2) is 5.78 Å². The number of rotatable bonds is 11. The van der Waals surface area contributed by atoms with Crippen molar-refractivity contribution in [3.63, 3.8) is 0 Å². The lowest BCUT2D eigenvalue weighted by molar-refractivity contribution is 0.0181. The first-order valence-electron chi connectivity index (χ1n) is 6.47. The molecule has 1 aromatic rings. The number of aromatic nitrogens is 3. The van der Waals surface area contributed by atoms with E-state index in [0.717, 1.165) is 0 Å². The van der Waals surface area contributed by atoms with Crippen LogP contribution in [0.15, 0.2) is 6.20 Å². The largest absolute Gasteiger partial charge is 0.377 e. The van der Waals surface area contributed by atoms with Crippen LogP contribution in [0.1, 0.15) is 17.4 Å². The van der Waals surface area contributed by atoms with Crippen molar-refractivity contribution in [2.24, 2.45) is 0 Å². The van der Waals surface area contributed by atoms with Gasteiger partial charge in [0.2, 0.25) is 0 Å². The Morgan fingerprint density at radius 1 is 1.24 bits per heavy atom. The van der Waals surface area contributed by atoms with Gasteiger partial charge in [0, 0.05) is 29.5 Å². The van der Waals surface area contributed by atoms with Gasteiger partial charge in [-0.1, -0.05) is 11.1 Å². The first-order valence-corrected chi connectivity index (χ1v) is 7.54. The van der Waals surface area contributed by atoms with Crippen molar-refractivity contribution in [2.75, 3.05) is 39.6 Å². The number of hydrogen-bond acceptors (Lipinski definition) is 6. The fourth-order valence-corrected chi connectivity index (χ4v) is 1.47. The summed E-state index contributed by atoms with van der Waals surface area (Å²) in [5.41, 5.74) is 0.366. The van der Waals surface area contributed by atoms with E-state index in [1.54, 1.807) is 10.9 Å². The zero-order valence-electron chi connectivity index (χ0n) is 11.9. The van der Waals surface area contributed by atoms with Gasteiger partial charge < -0.3 is 14.2 Å². The molecule has 0 fully saturated rings. The van der Waals surface area contributed by atoms with E-state index in [4.69, 9.17) is 14.2 Å². The number of ether oxygens (including phenoxy) is 3. The van der Waals surface area contributed by atoms with Gasteiger partial charge in [-0.3, -0.25) is 4.79 Å². The fraction of sp³-hybridized carbons (Fsp3) is 0.615. The van der Waals surface area contributed by atoms with Crippen LogP contribution in [0.3, 0.4) is 0 Å². The Labute approximate surface area is 137 Å². The number of hydrogen-bond donors (Lipinski definition) is 0. The highest BCUT2D eigenvalue weighted by molar-refractivity contribution is 14.1. The first kappa shape index (κ1) is 18.0. The van der Waals surface area contributed by atoms with Gasteiger partial charge in [0.25, 0.3) is 0 Å². The van der Waals surface area contributed by atoms with Gasteiger partial charge in [0.05, 0.1) is 45.8 Å². The molecular weight excluding hydrogens is 389 g/mol. The summed E-state index contributed by atoms with van der Waals surface area (Å²) in [4.78, 5) is 11.0. The molecule has 0 unspecified atom stereocenters. The monoisotopic (exact) mass is 407 g/mol. The summed E-state index contributed by atoms with van der Waals surface area (Å²) in [5.74, 6) is 2.70. The SMILES string of the molecule is CC(=O)c1cn(CCOCCOCCOCC#CI)nn1. The highest BCUT2D eigenvalue weighted by Crippen LogP contribution is 1.94. The van der Waals surface area contributed by atoms with Crippen molar-refractivity contribution in [3.8, 4) is 9.85 Å². The average molecular weight is 407 g/mol. The van der Waals surface area contributed by atoms with E-state index in [1.165, 1.54) is 6.92 Å². The van der Waals surface area contributed by atoms with Crippen molar-refractivity contribution in [1.82, 2.24) is 15.0 Å². The van der Waals surface area contributed by atoms with E-state index in [2.05, 4.69) is 20.2 Å². The molecule has 0 aromatic carbocycles. The molecule has 0 N–H and O–H groups in total. The van der Waals surface area contributed by atoms with Crippen LogP contribution in [0.25, 0.3) is 0 Å². The number of carbonyl (C=O) groups excluding carboxylic acids is 1. The lowest BCUT2D eigenvalue weighted by atomic mass is 10.3. The first-order chi connectivity index (χ1) is 10.2. The topological polar surface area (TPSA) is 75.5 Å². The second kappa shape index (κ2) is 11.6. The third-order valence-corrected chi connectivity index (χ3v) is 2.73. The van der Waals surface area contributed by atoms with Gasteiger partial charge in [-0.15, -0.1) is 5.10 Å². The van der Waals surface area contributed by atoms with E-state index in [0.29, 0.717) is 51.9 Å². The lowest BCUT2D eigenvalue weighted by Gasteiger charge is -2.05. The molecule has 1 heterocycles. The summed E-state index contributed by atoms with van der Waals surface area (Å²) in [7, 11) is 0. The summed E-state index contributed by atoms with van der Waals surface area (Å²) in [6.45, 7) is 5.00. The Hall–Kier alpha value is -1.02. The van der Waals surface area contributed by atoms with Crippen molar-refractivity contribution in [1.29, 1.82) is 0 Å². The Bertz CT molecular complexity index is 481. The van der Waals surface area contributed by atoms with Crippen molar-refractivity contribution in [3.05, 3.63) is 11.9 Å². The molecule has 0 bridgehead atoms. The fourth-order valence-electron chi connectivity index (χ4n) is 1.32. The van der Waals surface area contributed by atoms with Crippen molar-refractivity contribution < 1.29 is 19.0 Å². The predicted octanol–water partition coefficient (Wildman–Crippen LogP) is 0.926. The molecule has 8 heteroatoms. The smallest absolute Gasteiger partial charge is 0.181 e. The molecule has 0 spiro atoms. The van der Waals surface area contributed by atoms with Gasteiger partial charge in [0.1, 0.15) is 12.3 Å². The van der Waals surface area contributed by atoms with Crippen LogP contribution >= 0.6 is 22.6 Å². The Balaban J connectivity index is 1.92. The highest BCUT2D eigenvalue weighted by atomic mass is 127. The minimum absolute atomic E-state index is 0.0951. The number of carbonyl (C=O) groups is 1. The summed E-state index contributed by atoms with van der Waals surface area (Å²) >= 11 is 1.97. The molecule has 0 saturated carbocycles. The zero-order chi connectivity index (χ0) is 15.3. The maximum absolute atomic E-state index is 11.0. The van der Waals surface area contributed by atoms with Crippen LogP contribution in [0, 0.1) is 9.85 Å². The normalized spacial score (nSPS) is 10.2. The Kier molecular flexibility index (Phi) is 9.98. The highest BCUT2D eigenvalue weighted by Gasteiger charge is 2.04. The molecule has 116 valence electrons.